The summed E-state index contributed by atoms with van der Waals surface area (Å²) >= 11 is 0. The van der Waals surface area contributed by atoms with Crippen LogP contribution in [0.1, 0.15) is 26.5 Å². The molecule has 0 saturated carbocycles. The average Bonchev–Trinajstić information content (AvgIpc) is 2.94. The summed E-state index contributed by atoms with van der Waals surface area (Å²) in [5.41, 5.74) is -0.269. The topological polar surface area (TPSA) is 90.7 Å². The van der Waals surface area contributed by atoms with Gasteiger partial charge in [-0.3, -0.25) is 4.72 Å². The van der Waals surface area contributed by atoms with Crippen LogP contribution in [0.25, 0.3) is 0 Å². The predicted octanol–water partition coefficient (Wildman–Crippen LogP) is 2.79. The minimum atomic E-state index is -3.87. The number of methoxy groups -OCH3 is 2. The maximum atomic E-state index is 12.5. The Kier molecular flexibility index (Phi) is 4.56. The van der Waals surface area contributed by atoms with Crippen LogP contribution in [0.2, 0.25) is 0 Å². The second-order valence-corrected chi connectivity index (χ2v) is 7.60. The summed E-state index contributed by atoms with van der Waals surface area (Å²) in [6.45, 7) is 5.83. The summed E-state index contributed by atoms with van der Waals surface area (Å²) in [6, 6.07) is 6.01. The van der Waals surface area contributed by atoms with Gasteiger partial charge in [0.2, 0.25) is 0 Å². The molecule has 0 radical (unpaired) electrons. The highest BCUT2D eigenvalue weighted by atomic mass is 32.2. The fourth-order valence-electron chi connectivity index (χ4n) is 1.87. The van der Waals surface area contributed by atoms with Crippen molar-refractivity contribution in [2.24, 2.45) is 0 Å². The van der Waals surface area contributed by atoms with E-state index in [0.717, 1.165) is 0 Å². The standard InChI is InChI=1S/C15H20N2O5S/c1-15(2,3)13-9-14(16-22-13)17-23(18,19)12-7-6-10(20-4)8-11(12)21-5/h6-9H,1-5H3,(H,16,17). The van der Waals surface area contributed by atoms with E-state index in [1.54, 1.807) is 12.1 Å². The molecule has 23 heavy (non-hydrogen) atoms. The van der Waals surface area contributed by atoms with E-state index < -0.39 is 10.0 Å². The summed E-state index contributed by atoms with van der Waals surface area (Å²) < 4.78 is 42.8. The number of ether oxygens (including phenoxy) is 2. The molecule has 0 unspecified atom stereocenters. The maximum Gasteiger partial charge on any atom is 0.266 e. The van der Waals surface area contributed by atoms with Crippen molar-refractivity contribution < 1.29 is 22.4 Å². The van der Waals surface area contributed by atoms with E-state index in [1.807, 2.05) is 20.8 Å². The molecule has 1 heterocycles. The number of anilines is 1. The summed E-state index contributed by atoms with van der Waals surface area (Å²) in [5, 5.41) is 3.75. The van der Waals surface area contributed by atoms with Gasteiger partial charge in [0.15, 0.2) is 5.82 Å². The highest BCUT2D eigenvalue weighted by molar-refractivity contribution is 7.92. The molecule has 2 rings (SSSR count). The molecule has 1 aromatic carbocycles. The number of hydrogen-bond donors (Lipinski definition) is 1. The first kappa shape index (κ1) is 17.1. The first-order valence-electron chi connectivity index (χ1n) is 6.89. The van der Waals surface area contributed by atoms with Crippen LogP contribution in [0.3, 0.4) is 0 Å². The number of hydrogen-bond acceptors (Lipinski definition) is 6. The normalized spacial score (nSPS) is 12.0. The van der Waals surface area contributed by atoms with Crippen molar-refractivity contribution in [1.82, 2.24) is 5.16 Å². The van der Waals surface area contributed by atoms with Gasteiger partial charge in [-0.25, -0.2) is 8.42 Å². The third-order valence-electron chi connectivity index (χ3n) is 3.15. The van der Waals surface area contributed by atoms with Gasteiger partial charge in [0.05, 0.1) is 14.2 Å². The third kappa shape index (κ3) is 3.76. The van der Waals surface area contributed by atoms with Crippen LogP contribution in [0.15, 0.2) is 33.7 Å². The van der Waals surface area contributed by atoms with Crippen molar-refractivity contribution in [3.05, 3.63) is 30.0 Å². The van der Waals surface area contributed by atoms with E-state index in [4.69, 9.17) is 14.0 Å². The van der Waals surface area contributed by atoms with E-state index in [1.165, 1.54) is 26.4 Å². The van der Waals surface area contributed by atoms with Crippen LogP contribution in [0, 0.1) is 0 Å². The van der Waals surface area contributed by atoms with Crippen LogP contribution < -0.4 is 14.2 Å². The molecule has 8 heteroatoms. The highest BCUT2D eigenvalue weighted by Gasteiger charge is 2.24. The monoisotopic (exact) mass is 340 g/mol. The summed E-state index contributed by atoms with van der Waals surface area (Å²) in [6.07, 6.45) is 0. The van der Waals surface area contributed by atoms with Crippen molar-refractivity contribution in [3.8, 4) is 11.5 Å². The van der Waals surface area contributed by atoms with Crippen LogP contribution in [0.4, 0.5) is 5.82 Å². The zero-order valence-electron chi connectivity index (χ0n) is 13.7. The Morgan fingerprint density at radius 3 is 2.35 bits per heavy atom. The zero-order valence-corrected chi connectivity index (χ0v) is 14.5. The molecule has 0 bridgehead atoms. The molecule has 0 fully saturated rings. The molecule has 0 atom stereocenters. The van der Waals surface area contributed by atoms with E-state index >= 15 is 0 Å². The van der Waals surface area contributed by atoms with E-state index in [2.05, 4.69) is 9.88 Å². The number of benzene rings is 1. The van der Waals surface area contributed by atoms with E-state index in [-0.39, 0.29) is 21.9 Å². The smallest absolute Gasteiger partial charge is 0.266 e. The van der Waals surface area contributed by atoms with Gasteiger partial charge in [-0.1, -0.05) is 25.9 Å². The van der Waals surface area contributed by atoms with Gasteiger partial charge in [-0.15, -0.1) is 0 Å². The highest BCUT2D eigenvalue weighted by Crippen LogP contribution is 2.30. The first-order chi connectivity index (χ1) is 10.7. The third-order valence-corrected chi connectivity index (χ3v) is 4.54. The molecule has 126 valence electrons. The van der Waals surface area contributed by atoms with Gasteiger partial charge >= 0.3 is 0 Å². The molecule has 0 aliphatic carbocycles. The quantitative estimate of drug-likeness (QED) is 0.900. The summed E-state index contributed by atoms with van der Waals surface area (Å²) in [5.74, 6) is 1.37. The van der Waals surface area contributed by atoms with Crippen LogP contribution in [0.5, 0.6) is 11.5 Å². The minimum Gasteiger partial charge on any atom is -0.497 e. The average molecular weight is 340 g/mol. The molecule has 0 amide bonds. The molecule has 1 aromatic heterocycles. The summed E-state index contributed by atoms with van der Waals surface area (Å²) in [4.78, 5) is -0.0129. The Balaban J connectivity index is 2.34. The molecular formula is C15H20N2O5S. The van der Waals surface area contributed by atoms with Gasteiger partial charge in [-0.2, -0.15) is 0 Å². The van der Waals surface area contributed by atoms with Gasteiger partial charge in [-0.05, 0) is 12.1 Å². The molecule has 0 aliphatic rings. The van der Waals surface area contributed by atoms with Gasteiger partial charge in [0.25, 0.3) is 10.0 Å². The first-order valence-corrected chi connectivity index (χ1v) is 8.38. The van der Waals surface area contributed by atoms with Gasteiger partial charge in [0, 0.05) is 17.5 Å². The van der Waals surface area contributed by atoms with Crippen molar-refractivity contribution in [2.75, 3.05) is 18.9 Å². The van der Waals surface area contributed by atoms with Gasteiger partial charge in [0.1, 0.15) is 22.2 Å². The van der Waals surface area contributed by atoms with Crippen LogP contribution in [-0.2, 0) is 15.4 Å². The van der Waals surface area contributed by atoms with E-state index in [0.29, 0.717) is 11.5 Å². The Bertz CT molecular complexity index is 790. The number of rotatable bonds is 5. The Morgan fingerprint density at radius 2 is 1.83 bits per heavy atom. The van der Waals surface area contributed by atoms with Crippen molar-refractivity contribution in [1.29, 1.82) is 0 Å². The van der Waals surface area contributed by atoms with Crippen LogP contribution in [-0.4, -0.2) is 27.8 Å². The Morgan fingerprint density at radius 1 is 1.13 bits per heavy atom. The largest absolute Gasteiger partial charge is 0.497 e. The lowest BCUT2D eigenvalue weighted by Crippen LogP contribution is -2.14. The van der Waals surface area contributed by atoms with Gasteiger partial charge < -0.3 is 14.0 Å². The Hall–Kier alpha value is -2.22. The zero-order chi connectivity index (χ0) is 17.3. The fraction of sp³-hybridized carbons (Fsp3) is 0.400. The van der Waals surface area contributed by atoms with Crippen molar-refractivity contribution in [2.45, 2.75) is 31.1 Å². The molecule has 0 saturated heterocycles. The molecule has 2 aromatic rings. The van der Waals surface area contributed by atoms with Crippen LogP contribution >= 0.6 is 0 Å². The molecule has 1 N–H and O–H groups in total. The van der Waals surface area contributed by atoms with Crippen molar-refractivity contribution in [3.63, 3.8) is 0 Å². The SMILES string of the molecule is COc1ccc(S(=O)(=O)Nc2cc(C(C)(C)C)on2)c(OC)c1. The number of aromatic nitrogens is 1. The number of nitrogens with one attached hydrogen (secondary N) is 1. The predicted molar refractivity (Wildman–Crippen MR) is 85.6 cm³/mol. The number of nitrogens with zero attached hydrogens (tertiary/aromatic N) is 1. The Labute approximate surface area is 135 Å². The second-order valence-electron chi connectivity index (χ2n) is 5.95. The molecule has 0 aliphatic heterocycles. The summed E-state index contributed by atoms with van der Waals surface area (Å²) in [7, 11) is -0.985. The number of sulfonamides is 1. The fourth-order valence-corrected chi connectivity index (χ4v) is 3.00. The molecule has 0 spiro atoms. The van der Waals surface area contributed by atoms with Crippen molar-refractivity contribution >= 4 is 15.8 Å². The molecule has 7 nitrogen and oxygen atoms in total. The lowest BCUT2D eigenvalue weighted by molar-refractivity contribution is 0.331. The lowest BCUT2D eigenvalue weighted by Gasteiger charge is -2.12. The minimum absolute atomic E-state index is 0.0129. The van der Waals surface area contributed by atoms with E-state index in [9.17, 15) is 8.42 Å². The lowest BCUT2D eigenvalue weighted by atomic mass is 9.93. The molecular weight excluding hydrogens is 320 g/mol. The maximum absolute atomic E-state index is 12.5. The second kappa shape index (κ2) is 6.11.